The fourth-order valence-corrected chi connectivity index (χ4v) is 1.58. The monoisotopic (exact) mass is 166 g/mol. The molecule has 0 aromatic carbocycles. The van der Waals surface area contributed by atoms with Crippen molar-refractivity contribution in [1.82, 2.24) is 0 Å². The van der Waals surface area contributed by atoms with Crippen molar-refractivity contribution >= 4 is 5.78 Å². The van der Waals surface area contributed by atoms with Crippen molar-refractivity contribution in [2.75, 3.05) is 7.11 Å². The van der Waals surface area contributed by atoms with Gasteiger partial charge in [-0.3, -0.25) is 4.79 Å². The highest BCUT2D eigenvalue weighted by atomic mass is 16.5. The summed E-state index contributed by atoms with van der Waals surface area (Å²) in [7, 11) is 1.56. The van der Waals surface area contributed by atoms with Crippen LogP contribution in [0.5, 0.6) is 0 Å². The number of hydrogen-bond donors (Lipinski definition) is 0. The molecule has 0 aromatic heterocycles. The molecule has 66 valence electrons. The summed E-state index contributed by atoms with van der Waals surface area (Å²) in [5.74, 6) is 0.150. The second-order valence-electron chi connectivity index (χ2n) is 3.21. The molecule has 0 aromatic rings. The van der Waals surface area contributed by atoms with Crippen molar-refractivity contribution in [3.63, 3.8) is 0 Å². The summed E-state index contributed by atoms with van der Waals surface area (Å²) < 4.78 is 5.04. The number of rotatable bonds is 3. The van der Waals surface area contributed by atoms with Crippen LogP contribution in [0.1, 0.15) is 12.8 Å². The van der Waals surface area contributed by atoms with E-state index in [4.69, 9.17) is 4.74 Å². The van der Waals surface area contributed by atoms with Crippen molar-refractivity contribution in [3.8, 4) is 0 Å². The van der Waals surface area contributed by atoms with Crippen molar-refractivity contribution in [2.24, 2.45) is 5.41 Å². The first-order valence-corrected chi connectivity index (χ1v) is 4.00. The third kappa shape index (κ3) is 1.34. The van der Waals surface area contributed by atoms with Crippen LogP contribution in [0.4, 0.5) is 0 Å². The summed E-state index contributed by atoms with van der Waals surface area (Å²) in [5, 5.41) is 0. The van der Waals surface area contributed by atoms with E-state index in [1.165, 1.54) is 0 Å². The van der Waals surface area contributed by atoms with Gasteiger partial charge in [-0.25, -0.2) is 0 Å². The van der Waals surface area contributed by atoms with Gasteiger partial charge in [0.1, 0.15) is 6.10 Å². The lowest BCUT2D eigenvalue weighted by Gasteiger charge is -2.17. The Morgan fingerprint density at radius 2 is 2.17 bits per heavy atom. The number of methoxy groups -OCH3 is 1. The molecule has 0 spiro atoms. The first-order chi connectivity index (χ1) is 5.67. The maximum Gasteiger partial charge on any atom is 0.162 e. The Morgan fingerprint density at radius 1 is 1.58 bits per heavy atom. The molecular formula is C10H14O2. The predicted molar refractivity (Wildman–Crippen MR) is 47.9 cm³/mol. The van der Waals surface area contributed by atoms with Crippen LogP contribution in [0.15, 0.2) is 25.3 Å². The molecule has 2 heteroatoms. The van der Waals surface area contributed by atoms with Gasteiger partial charge >= 0.3 is 0 Å². The van der Waals surface area contributed by atoms with Crippen LogP contribution in [0.3, 0.4) is 0 Å². The molecule has 0 N–H and O–H groups in total. The quantitative estimate of drug-likeness (QED) is 0.597. The van der Waals surface area contributed by atoms with E-state index in [2.05, 4.69) is 13.2 Å². The summed E-state index contributed by atoms with van der Waals surface area (Å²) in [6.45, 7) is 7.42. The molecule has 1 rings (SSSR count). The Labute approximate surface area is 72.9 Å². The van der Waals surface area contributed by atoms with Crippen molar-refractivity contribution < 1.29 is 9.53 Å². The number of Topliss-reactive ketones (excluding diaryl/α,β-unsaturated/α-hetero) is 1. The maximum absolute atomic E-state index is 11.3. The van der Waals surface area contributed by atoms with E-state index in [0.717, 1.165) is 0 Å². The average Bonchev–Trinajstić information content (AvgIpc) is 2.43. The molecule has 1 saturated carbocycles. The van der Waals surface area contributed by atoms with Gasteiger partial charge in [-0.05, 0) is 6.42 Å². The number of carbonyl (C=O) groups excluding carboxylic acids is 1. The van der Waals surface area contributed by atoms with E-state index in [0.29, 0.717) is 12.8 Å². The largest absolute Gasteiger partial charge is 0.374 e. The van der Waals surface area contributed by atoms with Gasteiger partial charge in [-0.15, -0.1) is 13.2 Å². The summed E-state index contributed by atoms with van der Waals surface area (Å²) in [4.78, 5) is 11.3. The van der Waals surface area contributed by atoms with Crippen LogP contribution < -0.4 is 0 Å². The number of ketones is 1. The Bertz CT molecular complexity index is 210. The highest BCUT2D eigenvalue weighted by molar-refractivity contribution is 5.87. The van der Waals surface area contributed by atoms with Gasteiger partial charge in [0.05, 0.1) is 0 Å². The number of ether oxygens (including phenoxy) is 1. The van der Waals surface area contributed by atoms with E-state index in [1.807, 2.05) is 0 Å². The molecule has 12 heavy (non-hydrogen) atoms. The molecule has 1 aliphatic carbocycles. The minimum atomic E-state index is -0.263. The van der Waals surface area contributed by atoms with E-state index in [1.54, 1.807) is 19.3 Å². The molecule has 0 radical (unpaired) electrons. The summed E-state index contributed by atoms with van der Waals surface area (Å²) in [6, 6.07) is 0. The van der Waals surface area contributed by atoms with E-state index < -0.39 is 0 Å². The lowest BCUT2D eigenvalue weighted by atomic mass is 9.87. The SMILES string of the molecule is C=CC1(C=C)CC(=O)C(OC)C1. The predicted octanol–water partition coefficient (Wildman–Crippen LogP) is 1.72. The van der Waals surface area contributed by atoms with E-state index in [-0.39, 0.29) is 17.3 Å². The van der Waals surface area contributed by atoms with Gasteiger partial charge in [0.15, 0.2) is 5.78 Å². The number of carbonyl (C=O) groups is 1. The van der Waals surface area contributed by atoms with Crippen LogP contribution in [0, 0.1) is 5.41 Å². The molecular weight excluding hydrogens is 152 g/mol. The number of hydrogen-bond acceptors (Lipinski definition) is 2. The Kier molecular flexibility index (Phi) is 2.48. The summed E-state index contributed by atoms with van der Waals surface area (Å²) in [5.41, 5.74) is -0.224. The Balaban J connectivity index is 2.81. The third-order valence-corrected chi connectivity index (χ3v) is 2.53. The van der Waals surface area contributed by atoms with Crippen LogP contribution in [-0.2, 0) is 9.53 Å². The minimum Gasteiger partial charge on any atom is -0.374 e. The Morgan fingerprint density at radius 3 is 2.42 bits per heavy atom. The summed E-state index contributed by atoms with van der Waals surface area (Å²) >= 11 is 0. The van der Waals surface area contributed by atoms with Gasteiger partial charge in [-0.1, -0.05) is 12.2 Å². The lowest BCUT2D eigenvalue weighted by molar-refractivity contribution is -0.125. The molecule has 0 saturated heterocycles. The molecule has 2 nitrogen and oxygen atoms in total. The van der Waals surface area contributed by atoms with Gasteiger partial charge in [0.2, 0.25) is 0 Å². The highest BCUT2D eigenvalue weighted by Crippen LogP contribution is 2.39. The second kappa shape index (κ2) is 3.23. The fraction of sp³-hybridized carbons (Fsp3) is 0.500. The highest BCUT2D eigenvalue weighted by Gasteiger charge is 2.40. The van der Waals surface area contributed by atoms with Crippen LogP contribution >= 0.6 is 0 Å². The molecule has 1 fully saturated rings. The lowest BCUT2D eigenvalue weighted by Crippen LogP contribution is -2.15. The average molecular weight is 166 g/mol. The van der Waals surface area contributed by atoms with Crippen molar-refractivity contribution in [1.29, 1.82) is 0 Å². The standard InChI is InChI=1S/C10H14O2/c1-4-10(5-2)6-8(11)9(7-10)12-3/h4-5,9H,1-2,6-7H2,3H3. The zero-order valence-electron chi connectivity index (χ0n) is 7.38. The Hall–Kier alpha value is -0.890. The topological polar surface area (TPSA) is 26.3 Å². The van der Waals surface area contributed by atoms with Gasteiger partial charge < -0.3 is 4.74 Å². The second-order valence-corrected chi connectivity index (χ2v) is 3.21. The van der Waals surface area contributed by atoms with E-state index >= 15 is 0 Å². The molecule has 1 atom stereocenters. The molecule has 1 aliphatic rings. The van der Waals surface area contributed by atoms with Crippen LogP contribution in [0.25, 0.3) is 0 Å². The molecule has 0 aliphatic heterocycles. The first kappa shape index (κ1) is 9.20. The zero-order chi connectivity index (χ0) is 9.19. The van der Waals surface area contributed by atoms with Gasteiger partial charge in [0, 0.05) is 18.9 Å². The third-order valence-electron chi connectivity index (χ3n) is 2.53. The smallest absolute Gasteiger partial charge is 0.162 e. The minimum absolute atomic E-state index is 0.150. The van der Waals surface area contributed by atoms with Crippen molar-refractivity contribution in [3.05, 3.63) is 25.3 Å². The van der Waals surface area contributed by atoms with Crippen LogP contribution in [-0.4, -0.2) is 19.0 Å². The molecule has 0 amide bonds. The van der Waals surface area contributed by atoms with Gasteiger partial charge in [0.25, 0.3) is 0 Å². The number of allylic oxidation sites excluding steroid dienone is 2. The molecule has 0 heterocycles. The zero-order valence-corrected chi connectivity index (χ0v) is 7.38. The van der Waals surface area contributed by atoms with E-state index in [9.17, 15) is 4.79 Å². The van der Waals surface area contributed by atoms with Crippen molar-refractivity contribution in [2.45, 2.75) is 18.9 Å². The molecule has 1 unspecified atom stereocenters. The summed E-state index contributed by atoms with van der Waals surface area (Å²) in [6.07, 6.45) is 4.49. The fourth-order valence-electron chi connectivity index (χ4n) is 1.58. The normalized spacial score (nSPS) is 27.1. The maximum atomic E-state index is 11.3. The molecule has 0 bridgehead atoms. The first-order valence-electron chi connectivity index (χ1n) is 4.00. The van der Waals surface area contributed by atoms with Gasteiger partial charge in [-0.2, -0.15) is 0 Å². The van der Waals surface area contributed by atoms with Crippen LogP contribution in [0.2, 0.25) is 0 Å².